The third-order valence-electron chi connectivity index (χ3n) is 5.14. The molecule has 0 aliphatic rings. The zero-order chi connectivity index (χ0) is 28.6. The third-order valence-corrected chi connectivity index (χ3v) is 5.14. The second-order valence-electron chi connectivity index (χ2n) is 10.4. The minimum Gasteiger partial charge on any atom is -0.872 e. The molecule has 0 N–H and O–H groups in total. The standard InChI is InChI=1S/2C10H14O.2C6H6NO.Ti/c2*1-10(2,3)8-6-4-5-7-9(8)11;2*8-5-6-3-1-2-4-7-6;/h2*4-7,11H,1-3H3;2*1-4H,5H2;/q;;2*-1;+4/p-2. The molecule has 7 heteroatoms. The van der Waals surface area contributed by atoms with Crippen LogP contribution in [0.2, 0.25) is 0 Å². The summed E-state index contributed by atoms with van der Waals surface area (Å²) in [4.78, 5) is 7.57. The SMILES string of the molecule is CC(C)(C)c1ccccc1[O-].CC(C)(C)c1ccccc1[O-].[O-]Cc1ccccn1.[O-]Cc1ccccn1.[Ti+4]. The molecule has 2 aromatic heterocycles. The molecule has 0 atom stereocenters. The summed E-state index contributed by atoms with van der Waals surface area (Å²) in [5.41, 5.74) is 2.93. The average molecular weight is 563 g/mol. The fourth-order valence-electron chi connectivity index (χ4n) is 3.14. The van der Waals surface area contributed by atoms with E-state index in [1.807, 2.05) is 65.8 Å². The molecule has 0 aliphatic carbocycles. The van der Waals surface area contributed by atoms with E-state index in [4.69, 9.17) is 0 Å². The summed E-state index contributed by atoms with van der Waals surface area (Å²) in [5, 5.41) is 42.7. The molecule has 0 fully saturated rings. The maximum atomic E-state index is 11.3. The van der Waals surface area contributed by atoms with Crippen LogP contribution in [0.15, 0.2) is 97.3 Å². The number of benzene rings is 2. The first-order chi connectivity index (χ1) is 17.9. The van der Waals surface area contributed by atoms with Gasteiger partial charge >= 0.3 is 21.7 Å². The van der Waals surface area contributed by atoms with Crippen LogP contribution in [0.1, 0.15) is 64.1 Å². The van der Waals surface area contributed by atoms with Gasteiger partial charge in [0.1, 0.15) is 0 Å². The summed E-state index contributed by atoms with van der Waals surface area (Å²) in [7, 11) is 0. The molecule has 0 bridgehead atoms. The van der Waals surface area contributed by atoms with E-state index in [1.54, 1.807) is 73.1 Å². The van der Waals surface area contributed by atoms with E-state index >= 15 is 0 Å². The predicted octanol–water partition coefficient (Wildman–Crippen LogP) is 4.00. The molecule has 6 nitrogen and oxygen atoms in total. The quantitative estimate of drug-likeness (QED) is 0.341. The number of para-hydroxylation sites is 2. The molecular weight excluding hydrogens is 524 g/mol. The predicted molar refractivity (Wildman–Crippen MR) is 145 cm³/mol. The number of aromatic nitrogens is 2. The van der Waals surface area contributed by atoms with Gasteiger partial charge in [0, 0.05) is 23.8 Å². The normalized spacial score (nSPS) is 10.3. The number of pyridine rings is 2. The van der Waals surface area contributed by atoms with Gasteiger partial charge in [-0.3, -0.25) is 9.97 Å². The number of hydrogen-bond acceptors (Lipinski definition) is 6. The molecule has 2 heterocycles. The zero-order valence-corrected chi connectivity index (χ0v) is 25.2. The minimum absolute atomic E-state index is 0. The number of hydrogen-bond donors (Lipinski definition) is 0. The molecule has 39 heavy (non-hydrogen) atoms. The summed E-state index contributed by atoms with van der Waals surface area (Å²) in [5.74, 6) is 0.278. The van der Waals surface area contributed by atoms with Crippen molar-refractivity contribution in [1.29, 1.82) is 0 Å². The van der Waals surface area contributed by atoms with Crippen LogP contribution in [0.3, 0.4) is 0 Å². The van der Waals surface area contributed by atoms with Crippen molar-refractivity contribution in [2.75, 3.05) is 0 Å². The van der Waals surface area contributed by atoms with Crippen LogP contribution in [-0.2, 0) is 45.8 Å². The van der Waals surface area contributed by atoms with Crippen LogP contribution in [-0.4, -0.2) is 9.97 Å². The summed E-state index contributed by atoms with van der Waals surface area (Å²) >= 11 is 0. The average Bonchev–Trinajstić information content (AvgIpc) is 2.90. The molecular formula is C32H38N2O4Ti. The smallest absolute Gasteiger partial charge is 0.872 e. The molecule has 0 saturated carbocycles. The molecule has 0 spiro atoms. The van der Waals surface area contributed by atoms with E-state index < -0.39 is 0 Å². The van der Waals surface area contributed by atoms with Gasteiger partial charge in [0.2, 0.25) is 0 Å². The van der Waals surface area contributed by atoms with Crippen LogP contribution in [0.4, 0.5) is 0 Å². The Bertz CT molecular complexity index is 1080. The zero-order valence-electron chi connectivity index (χ0n) is 23.7. The van der Waals surface area contributed by atoms with Crippen molar-refractivity contribution < 1.29 is 42.1 Å². The Labute approximate surface area is 248 Å². The van der Waals surface area contributed by atoms with Crippen molar-refractivity contribution in [1.82, 2.24) is 9.97 Å². The van der Waals surface area contributed by atoms with Gasteiger partial charge in [0.15, 0.2) is 0 Å². The van der Waals surface area contributed by atoms with E-state index in [0.717, 1.165) is 11.1 Å². The van der Waals surface area contributed by atoms with Crippen molar-refractivity contribution in [3.63, 3.8) is 0 Å². The minimum atomic E-state index is -0.221. The second-order valence-corrected chi connectivity index (χ2v) is 10.4. The molecule has 2 aromatic carbocycles. The van der Waals surface area contributed by atoms with Crippen molar-refractivity contribution in [2.45, 2.75) is 65.6 Å². The summed E-state index contributed by atoms with van der Waals surface area (Å²) in [6.45, 7) is 11.8. The van der Waals surface area contributed by atoms with Crippen LogP contribution < -0.4 is 20.4 Å². The monoisotopic (exact) mass is 562 g/mol. The Balaban J connectivity index is 0.000000495. The van der Waals surface area contributed by atoms with Crippen LogP contribution in [0.5, 0.6) is 11.5 Å². The van der Waals surface area contributed by atoms with Crippen molar-refractivity contribution >= 4 is 0 Å². The van der Waals surface area contributed by atoms with Crippen LogP contribution >= 0.6 is 0 Å². The van der Waals surface area contributed by atoms with Crippen molar-refractivity contribution in [3.05, 3.63) is 120 Å². The van der Waals surface area contributed by atoms with E-state index in [9.17, 15) is 20.4 Å². The molecule has 204 valence electrons. The molecule has 0 amide bonds. The van der Waals surface area contributed by atoms with Gasteiger partial charge in [0.05, 0.1) is 0 Å². The molecule has 0 radical (unpaired) electrons. The largest absolute Gasteiger partial charge is 4.00 e. The number of nitrogens with zero attached hydrogens (tertiary/aromatic N) is 2. The molecule has 4 rings (SSSR count). The fourth-order valence-corrected chi connectivity index (χ4v) is 3.14. The van der Waals surface area contributed by atoms with Crippen LogP contribution in [0, 0.1) is 0 Å². The van der Waals surface area contributed by atoms with Gasteiger partial charge in [-0.1, -0.05) is 127 Å². The third kappa shape index (κ3) is 14.6. The topological polar surface area (TPSA) is 118 Å². The second kappa shape index (κ2) is 18.3. The first-order valence-corrected chi connectivity index (χ1v) is 12.4. The summed E-state index contributed by atoms with van der Waals surface area (Å²) < 4.78 is 0. The van der Waals surface area contributed by atoms with Gasteiger partial charge in [-0.2, -0.15) is 0 Å². The van der Waals surface area contributed by atoms with Crippen molar-refractivity contribution in [3.8, 4) is 11.5 Å². The van der Waals surface area contributed by atoms with Crippen LogP contribution in [0.25, 0.3) is 0 Å². The Morgan fingerprint density at radius 2 is 0.821 bits per heavy atom. The molecule has 0 saturated heterocycles. The maximum absolute atomic E-state index is 11.3. The summed E-state index contributed by atoms with van der Waals surface area (Å²) in [6, 6.07) is 25.0. The Morgan fingerprint density at radius 3 is 1.00 bits per heavy atom. The molecule has 4 aromatic rings. The van der Waals surface area contributed by atoms with E-state index in [0.29, 0.717) is 11.4 Å². The molecule has 0 aliphatic heterocycles. The first kappa shape index (κ1) is 36.0. The van der Waals surface area contributed by atoms with Gasteiger partial charge in [-0.15, -0.1) is 11.5 Å². The summed E-state index contributed by atoms with van der Waals surface area (Å²) in [6.07, 6.45) is 3.24. The number of rotatable bonds is 2. The van der Waals surface area contributed by atoms with Gasteiger partial charge in [0.25, 0.3) is 0 Å². The molecule has 0 unspecified atom stereocenters. The van der Waals surface area contributed by atoms with Gasteiger partial charge in [-0.25, -0.2) is 0 Å². The maximum Gasteiger partial charge on any atom is 4.00 e. The van der Waals surface area contributed by atoms with Gasteiger partial charge in [-0.05, 0) is 35.1 Å². The van der Waals surface area contributed by atoms with Crippen molar-refractivity contribution in [2.24, 2.45) is 0 Å². The van der Waals surface area contributed by atoms with E-state index in [2.05, 4.69) is 9.97 Å². The first-order valence-electron chi connectivity index (χ1n) is 12.4. The Hall–Kier alpha value is -3.03. The van der Waals surface area contributed by atoms with E-state index in [1.165, 1.54) is 0 Å². The Morgan fingerprint density at radius 1 is 0.513 bits per heavy atom. The van der Waals surface area contributed by atoms with Gasteiger partial charge < -0.3 is 20.4 Å². The Kier molecular flexibility index (Phi) is 16.9. The van der Waals surface area contributed by atoms with E-state index in [-0.39, 0.29) is 57.3 Å². The fraction of sp³-hybridized carbons (Fsp3) is 0.312.